The predicted molar refractivity (Wildman–Crippen MR) is 156 cm³/mol. The Morgan fingerprint density at radius 1 is 0.600 bits per heavy atom. The average molecular weight is 495 g/mol. The van der Waals surface area contributed by atoms with E-state index in [9.17, 15) is 9.90 Å². The minimum Gasteiger partial charge on any atom is -0.481 e. The highest BCUT2D eigenvalue weighted by molar-refractivity contribution is 5.74. The van der Waals surface area contributed by atoms with Crippen LogP contribution in [-0.4, -0.2) is 11.1 Å². The minimum absolute atomic E-state index is 0.487. The van der Waals surface area contributed by atoms with Gasteiger partial charge in [0.1, 0.15) is 0 Å². The molecule has 4 unspecified atom stereocenters. The summed E-state index contributed by atoms with van der Waals surface area (Å²) in [5, 5.41) is 9.82. The van der Waals surface area contributed by atoms with E-state index in [4.69, 9.17) is 0 Å². The lowest BCUT2D eigenvalue weighted by Gasteiger charge is -2.30. The standard InChI is InChI=1S/C33H66O2/c1-7-9-11-12-13-14-15-16-17-18-19-20-21-22-24-29(3)26-30(4)27-31(5)28-33(6,32(34)35)25-23-10-8-2/h29-31H,7-28H2,1-6H3,(H,34,35). The molecule has 1 N–H and O–H groups in total. The van der Waals surface area contributed by atoms with Gasteiger partial charge in [-0.15, -0.1) is 0 Å². The first-order chi connectivity index (χ1) is 16.7. The van der Waals surface area contributed by atoms with Crippen molar-refractivity contribution in [1.82, 2.24) is 0 Å². The monoisotopic (exact) mass is 495 g/mol. The van der Waals surface area contributed by atoms with Crippen LogP contribution >= 0.6 is 0 Å². The quantitative estimate of drug-likeness (QED) is 0.121. The van der Waals surface area contributed by atoms with Crippen molar-refractivity contribution in [3.8, 4) is 0 Å². The molecule has 0 aromatic carbocycles. The van der Waals surface area contributed by atoms with Crippen molar-refractivity contribution in [2.75, 3.05) is 0 Å². The summed E-state index contributed by atoms with van der Waals surface area (Å²) in [6.45, 7) is 13.5. The number of hydrogen-bond acceptors (Lipinski definition) is 1. The molecule has 2 heteroatoms. The van der Waals surface area contributed by atoms with Gasteiger partial charge in [0.25, 0.3) is 0 Å². The second-order valence-corrected chi connectivity index (χ2v) is 12.7. The molecule has 0 radical (unpaired) electrons. The van der Waals surface area contributed by atoms with E-state index in [1.807, 2.05) is 6.92 Å². The Labute approximate surface area is 221 Å². The number of carboxylic acids is 1. The van der Waals surface area contributed by atoms with Crippen LogP contribution in [0.4, 0.5) is 0 Å². The molecule has 0 saturated heterocycles. The Morgan fingerprint density at radius 3 is 1.46 bits per heavy atom. The minimum atomic E-state index is -0.598. The van der Waals surface area contributed by atoms with Crippen LogP contribution < -0.4 is 0 Å². The van der Waals surface area contributed by atoms with Gasteiger partial charge in [-0.1, -0.05) is 150 Å². The van der Waals surface area contributed by atoms with Crippen LogP contribution in [0.2, 0.25) is 0 Å². The van der Waals surface area contributed by atoms with Crippen molar-refractivity contribution < 1.29 is 9.90 Å². The Kier molecular flexibility index (Phi) is 22.3. The fourth-order valence-corrected chi connectivity index (χ4v) is 6.19. The van der Waals surface area contributed by atoms with Crippen LogP contribution in [0.25, 0.3) is 0 Å². The number of hydrogen-bond donors (Lipinski definition) is 1. The first-order valence-corrected chi connectivity index (χ1v) is 16.0. The van der Waals surface area contributed by atoms with Crippen molar-refractivity contribution in [2.45, 2.75) is 183 Å². The zero-order chi connectivity index (χ0) is 26.4. The number of rotatable bonds is 26. The molecule has 4 atom stereocenters. The van der Waals surface area contributed by atoms with E-state index < -0.39 is 11.4 Å². The van der Waals surface area contributed by atoms with Crippen LogP contribution in [-0.2, 0) is 4.79 Å². The van der Waals surface area contributed by atoms with E-state index in [1.54, 1.807) is 0 Å². The van der Waals surface area contributed by atoms with Gasteiger partial charge in [-0.05, 0) is 50.4 Å². The number of carboxylic acid groups (broad SMARTS) is 1. The number of aliphatic carboxylic acids is 1. The second kappa shape index (κ2) is 22.7. The van der Waals surface area contributed by atoms with E-state index in [0.717, 1.165) is 38.0 Å². The smallest absolute Gasteiger partial charge is 0.309 e. The summed E-state index contributed by atoms with van der Waals surface area (Å²) in [5.74, 6) is 1.38. The van der Waals surface area contributed by atoms with Gasteiger partial charge in [-0.25, -0.2) is 0 Å². The van der Waals surface area contributed by atoms with Crippen LogP contribution in [0.5, 0.6) is 0 Å². The zero-order valence-corrected chi connectivity index (χ0v) is 25.1. The molecule has 0 spiro atoms. The highest BCUT2D eigenvalue weighted by atomic mass is 16.4. The maximum atomic E-state index is 11.9. The van der Waals surface area contributed by atoms with Crippen LogP contribution in [0.1, 0.15) is 183 Å². The van der Waals surface area contributed by atoms with Gasteiger partial charge in [0.15, 0.2) is 0 Å². The SMILES string of the molecule is CCCCCCCCCCCCCCCCC(C)CC(C)CC(C)CC(C)(CCCCC)C(=O)O. The van der Waals surface area contributed by atoms with Gasteiger partial charge in [0.05, 0.1) is 5.41 Å². The van der Waals surface area contributed by atoms with E-state index in [-0.39, 0.29) is 0 Å². The molecule has 35 heavy (non-hydrogen) atoms. The van der Waals surface area contributed by atoms with Crippen molar-refractivity contribution >= 4 is 5.97 Å². The Morgan fingerprint density at radius 2 is 1.00 bits per heavy atom. The molecule has 0 saturated carbocycles. The van der Waals surface area contributed by atoms with Gasteiger partial charge < -0.3 is 5.11 Å². The summed E-state index contributed by atoms with van der Waals surface area (Å²) in [6, 6.07) is 0. The second-order valence-electron chi connectivity index (χ2n) is 12.7. The molecule has 0 amide bonds. The molecule has 0 heterocycles. The topological polar surface area (TPSA) is 37.3 Å². The third-order valence-electron chi connectivity index (χ3n) is 8.31. The summed E-state index contributed by atoms with van der Waals surface area (Å²) in [6.07, 6.45) is 28.8. The molecule has 0 aliphatic rings. The van der Waals surface area contributed by atoms with E-state index in [2.05, 4.69) is 34.6 Å². The lowest BCUT2D eigenvalue weighted by atomic mass is 9.75. The summed E-state index contributed by atoms with van der Waals surface area (Å²) < 4.78 is 0. The number of carbonyl (C=O) groups is 1. The van der Waals surface area contributed by atoms with Gasteiger partial charge in [-0.3, -0.25) is 4.79 Å². The summed E-state index contributed by atoms with van der Waals surface area (Å²) >= 11 is 0. The molecule has 0 aliphatic heterocycles. The summed E-state index contributed by atoms with van der Waals surface area (Å²) in [7, 11) is 0. The van der Waals surface area contributed by atoms with Gasteiger partial charge in [-0.2, -0.15) is 0 Å². The number of unbranched alkanes of at least 4 members (excludes halogenated alkanes) is 15. The van der Waals surface area contributed by atoms with Crippen molar-refractivity contribution in [2.24, 2.45) is 23.2 Å². The average Bonchev–Trinajstić information content (AvgIpc) is 2.79. The maximum Gasteiger partial charge on any atom is 0.309 e. The van der Waals surface area contributed by atoms with E-state index in [1.165, 1.54) is 109 Å². The zero-order valence-electron chi connectivity index (χ0n) is 25.1. The summed E-state index contributed by atoms with van der Waals surface area (Å²) in [4.78, 5) is 11.9. The molecule has 0 aliphatic carbocycles. The molecule has 210 valence electrons. The molecule has 0 bridgehead atoms. The maximum absolute atomic E-state index is 11.9. The molecule has 0 rings (SSSR count). The highest BCUT2D eigenvalue weighted by Crippen LogP contribution is 2.35. The highest BCUT2D eigenvalue weighted by Gasteiger charge is 2.34. The largest absolute Gasteiger partial charge is 0.481 e. The molecule has 0 fully saturated rings. The Bertz CT molecular complexity index is 474. The fourth-order valence-electron chi connectivity index (χ4n) is 6.19. The van der Waals surface area contributed by atoms with Gasteiger partial charge in [0, 0.05) is 0 Å². The van der Waals surface area contributed by atoms with Gasteiger partial charge in [0.2, 0.25) is 0 Å². The fraction of sp³-hybridized carbons (Fsp3) is 0.970. The normalized spacial score (nSPS) is 16.1. The predicted octanol–water partition coefficient (Wildman–Crippen LogP) is 11.6. The molecule has 0 aromatic heterocycles. The molecular formula is C33H66O2. The molecular weight excluding hydrogens is 428 g/mol. The lowest BCUT2D eigenvalue weighted by molar-refractivity contribution is -0.149. The van der Waals surface area contributed by atoms with Crippen molar-refractivity contribution in [1.29, 1.82) is 0 Å². The van der Waals surface area contributed by atoms with Crippen molar-refractivity contribution in [3.05, 3.63) is 0 Å². The lowest BCUT2D eigenvalue weighted by Crippen LogP contribution is -2.30. The Balaban J connectivity index is 3.78. The van der Waals surface area contributed by atoms with Gasteiger partial charge >= 0.3 is 5.97 Å². The van der Waals surface area contributed by atoms with Crippen molar-refractivity contribution in [3.63, 3.8) is 0 Å². The molecule has 0 aromatic rings. The van der Waals surface area contributed by atoms with Crippen LogP contribution in [0.15, 0.2) is 0 Å². The van der Waals surface area contributed by atoms with E-state index >= 15 is 0 Å². The van der Waals surface area contributed by atoms with E-state index in [0.29, 0.717) is 11.8 Å². The summed E-state index contributed by atoms with van der Waals surface area (Å²) in [5.41, 5.74) is -0.547. The first kappa shape index (κ1) is 34.5. The Hall–Kier alpha value is -0.530. The van der Waals surface area contributed by atoms with Crippen LogP contribution in [0.3, 0.4) is 0 Å². The third-order valence-corrected chi connectivity index (χ3v) is 8.31. The first-order valence-electron chi connectivity index (χ1n) is 16.0. The third kappa shape index (κ3) is 20.2. The molecule has 2 nitrogen and oxygen atoms in total. The van der Waals surface area contributed by atoms with Crippen LogP contribution in [0, 0.1) is 23.2 Å².